The summed E-state index contributed by atoms with van der Waals surface area (Å²) in [6.07, 6.45) is 3.16. The Hall–Kier alpha value is -3.55. The molecule has 0 spiro atoms. The zero-order chi connectivity index (χ0) is 20.7. The maximum Gasteiger partial charge on any atom is 0.261 e. The number of fused-ring (bicyclic) bond motifs is 2. The summed E-state index contributed by atoms with van der Waals surface area (Å²) in [4.78, 5) is 39.5. The Bertz CT molecular complexity index is 1280. The second kappa shape index (κ2) is 7.37. The van der Waals surface area contributed by atoms with Crippen LogP contribution < -0.4 is 5.56 Å². The average Bonchev–Trinajstić information content (AvgIpc) is 3.20. The number of amides is 1. The van der Waals surface area contributed by atoms with E-state index >= 15 is 0 Å². The number of halogens is 1. The highest BCUT2D eigenvalue weighted by Crippen LogP contribution is 2.26. The fourth-order valence-corrected chi connectivity index (χ4v) is 4.08. The van der Waals surface area contributed by atoms with Crippen LogP contribution in [0.25, 0.3) is 21.9 Å². The van der Waals surface area contributed by atoms with Crippen molar-refractivity contribution >= 4 is 27.8 Å². The van der Waals surface area contributed by atoms with Crippen molar-refractivity contribution in [3.8, 4) is 0 Å². The minimum atomic E-state index is -0.504. The van der Waals surface area contributed by atoms with Crippen molar-refractivity contribution in [1.29, 1.82) is 0 Å². The van der Waals surface area contributed by atoms with Crippen molar-refractivity contribution < 1.29 is 9.18 Å². The maximum atomic E-state index is 13.5. The number of aromatic nitrogens is 4. The Morgan fingerprint density at radius 2 is 2.07 bits per heavy atom. The Labute approximate surface area is 171 Å². The van der Waals surface area contributed by atoms with E-state index in [0.717, 1.165) is 35.8 Å². The standard InChI is InChI=1S/C22H20FN5O2/c23-15-7-8-17-16(10-15)22(30)28(13-24-17)12-20(29)27-9-3-4-14(11-27)21-25-18-5-1-2-6-19(18)26-21/h1-2,5-8,10,13-14H,3-4,9,11-12H2,(H,25,26). The van der Waals surface area contributed by atoms with Crippen LogP contribution in [-0.4, -0.2) is 43.4 Å². The SMILES string of the molecule is O=C(Cn1cnc2ccc(F)cc2c1=O)N1CCCC(c2nc3ccccc3[nH]2)C1. The van der Waals surface area contributed by atoms with Gasteiger partial charge in [0.25, 0.3) is 5.56 Å². The van der Waals surface area contributed by atoms with Gasteiger partial charge in [-0.3, -0.25) is 14.2 Å². The molecule has 0 aliphatic carbocycles. The molecule has 1 aliphatic rings. The van der Waals surface area contributed by atoms with Gasteiger partial charge in [-0.1, -0.05) is 12.1 Å². The van der Waals surface area contributed by atoms with Gasteiger partial charge in [0.2, 0.25) is 5.91 Å². The molecule has 1 aliphatic heterocycles. The summed E-state index contributed by atoms with van der Waals surface area (Å²) >= 11 is 0. The first-order chi connectivity index (χ1) is 14.6. The molecule has 1 amide bonds. The number of aromatic amines is 1. The average molecular weight is 405 g/mol. The third-order valence-electron chi connectivity index (χ3n) is 5.66. The number of hydrogen-bond donors (Lipinski definition) is 1. The number of nitrogens with zero attached hydrogens (tertiary/aromatic N) is 4. The van der Waals surface area contributed by atoms with Gasteiger partial charge in [-0.15, -0.1) is 0 Å². The summed E-state index contributed by atoms with van der Waals surface area (Å²) in [6.45, 7) is 1.06. The van der Waals surface area contributed by atoms with E-state index in [9.17, 15) is 14.0 Å². The van der Waals surface area contributed by atoms with Crippen LogP contribution in [0.2, 0.25) is 0 Å². The Morgan fingerprint density at radius 1 is 1.20 bits per heavy atom. The first-order valence-electron chi connectivity index (χ1n) is 9.95. The highest BCUT2D eigenvalue weighted by molar-refractivity contribution is 5.79. The van der Waals surface area contributed by atoms with Gasteiger partial charge >= 0.3 is 0 Å². The van der Waals surface area contributed by atoms with Gasteiger partial charge in [0.05, 0.1) is 28.3 Å². The van der Waals surface area contributed by atoms with Crippen molar-refractivity contribution in [2.75, 3.05) is 13.1 Å². The summed E-state index contributed by atoms with van der Waals surface area (Å²) in [5, 5.41) is 0.170. The smallest absolute Gasteiger partial charge is 0.261 e. The monoisotopic (exact) mass is 405 g/mol. The number of imidazole rings is 1. The molecule has 1 saturated heterocycles. The molecular weight excluding hydrogens is 385 g/mol. The van der Waals surface area contributed by atoms with Crippen LogP contribution in [-0.2, 0) is 11.3 Å². The molecule has 30 heavy (non-hydrogen) atoms. The number of rotatable bonds is 3. The number of carbonyl (C=O) groups is 1. The van der Waals surface area contributed by atoms with Gasteiger partial charge in [0.1, 0.15) is 18.2 Å². The topological polar surface area (TPSA) is 83.9 Å². The molecule has 8 heteroatoms. The lowest BCUT2D eigenvalue weighted by atomic mass is 9.97. The largest absolute Gasteiger partial charge is 0.342 e. The van der Waals surface area contributed by atoms with Crippen molar-refractivity contribution in [1.82, 2.24) is 24.4 Å². The zero-order valence-corrected chi connectivity index (χ0v) is 16.2. The van der Waals surface area contributed by atoms with Gasteiger partial charge in [0.15, 0.2) is 0 Å². The van der Waals surface area contributed by atoms with Crippen LogP contribution >= 0.6 is 0 Å². The van der Waals surface area contributed by atoms with Gasteiger partial charge in [0, 0.05) is 19.0 Å². The van der Waals surface area contributed by atoms with E-state index in [1.807, 2.05) is 24.3 Å². The van der Waals surface area contributed by atoms with E-state index in [0.29, 0.717) is 18.6 Å². The van der Waals surface area contributed by atoms with Gasteiger partial charge in [-0.25, -0.2) is 14.4 Å². The van der Waals surface area contributed by atoms with Crippen LogP contribution in [0.3, 0.4) is 0 Å². The van der Waals surface area contributed by atoms with Gasteiger partial charge < -0.3 is 9.88 Å². The molecule has 0 radical (unpaired) electrons. The van der Waals surface area contributed by atoms with E-state index in [1.165, 1.54) is 23.0 Å². The number of carbonyl (C=O) groups excluding carboxylic acids is 1. The molecule has 2 aromatic carbocycles. The van der Waals surface area contributed by atoms with Crippen LogP contribution in [0.5, 0.6) is 0 Å². The molecular formula is C22H20FN5O2. The first kappa shape index (κ1) is 18.5. The van der Waals surface area contributed by atoms with Crippen molar-refractivity contribution in [3.05, 3.63) is 70.8 Å². The Kier molecular flexibility index (Phi) is 4.54. The summed E-state index contributed by atoms with van der Waals surface area (Å²) in [6, 6.07) is 11.7. The number of piperidine rings is 1. The van der Waals surface area contributed by atoms with Crippen molar-refractivity contribution in [2.45, 2.75) is 25.3 Å². The maximum absolute atomic E-state index is 13.5. The zero-order valence-electron chi connectivity index (χ0n) is 16.2. The molecule has 1 N–H and O–H groups in total. The first-order valence-corrected chi connectivity index (χ1v) is 9.95. The second-order valence-electron chi connectivity index (χ2n) is 7.66. The van der Waals surface area contributed by atoms with Crippen LogP contribution in [0.1, 0.15) is 24.6 Å². The number of hydrogen-bond acceptors (Lipinski definition) is 4. The summed E-state index contributed by atoms with van der Waals surface area (Å²) < 4.78 is 14.8. The van der Waals surface area contributed by atoms with Gasteiger partial charge in [-0.2, -0.15) is 0 Å². The van der Waals surface area contributed by atoms with E-state index in [4.69, 9.17) is 0 Å². The lowest BCUT2D eigenvalue weighted by Crippen LogP contribution is -2.42. The molecule has 2 aromatic heterocycles. The molecule has 5 rings (SSSR count). The normalized spacial score (nSPS) is 17.0. The molecule has 1 atom stereocenters. The van der Waals surface area contributed by atoms with Crippen LogP contribution in [0.15, 0.2) is 53.6 Å². The van der Waals surface area contributed by atoms with Crippen LogP contribution in [0.4, 0.5) is 4.39 Å². The minimum Gasteiger partial charge on any atom is -0.342 e. The Morgan fingerprint density at radius 3 is 2.93 bits per heavy atom. The number of likely N-dealkylation sites (tertiary alicyclic amines) is 1. The summed E-state index contributed by atoms with van der Waals surface area (Å²) in [5.74, 6) is 0.343. The second-order valence-corrected chi connectivity index (χ2v) is 7.66. The number of benzene rings is 2. The molecule has 3 heterocycles. The fourth-order valence-electron chi connectivity index (χ4n) is 4.08. The number of H-pyrrole nitrogens is 1. The Balaban J connectivity index is 1.35. The third-order valence-corrected chi connectivity index (χ3v) is 5.66. The van der Waals surface area contributed by atoms with E-state index < -0.39 is 11.4 Å². The molecule has 4 aromatic rings. The molecule has 0 bridgehead atoms. The number of para-hydroxylation sites is 2. The van der Waals surface area contributed by atoms with E-state index in [2.05, 4.69) is 15.0 Å². The lowest BCUT2D eigenvalue weighted by Gasteiger charge is -2.32. The van der Waals surface area contributed by atoms with Gasteiger partial charge in [-0.05, 0) is 43.2 Å². The molecule has 7 nitrogen and oxygen atoms in total. The van der Waals surface area contributed by atoms with Crippen LogP contribution in [0, 0.1) is 5.82 Å². The van der Waals surface area contributed by atoms with E-state index in [1.54, 1.807) is 4.90 Å². The quantitative estimate of drug-likeness (QED) is 0.568. The molecule has 1 fully saturated rings. The summed E-state index contributed by atoms with van der Waals surface area (Å²) in [5.41, 5.74) is 1.89. The molecule has 152 valence electrons. The highest BCUT2D eigenvalue weighted by atomic mass is 19.1. The van der Waals surface area contributed by atoms with Crippen molar-refractivity contribution in [3.63, 3.8) is 0 Å². The van der Waals surface area contributed by atoms with E-state index in [-0.39, 0.29) is 23.8 Å². The predicted octanol–water partition coefficient (Wildman–Crippen LogP) is 2.82. The fraction of sp³-hybridized carbons (Fsp3) is 0.273. The molecule has 1 unspecified atom stereocenters. The molecule has 0 saturated carbocycles. The third kappa shape index (κ3) is 3.34. The minimum absolute atomic E-state index is 0.120. The lowest BCUT2D eigenvalue weighted by molar-refractivity contribution is -0.133. The number of nitrogens with one attached hydrogen (secondary N) is 1. The predicted molar refractivity (Wildman–Crippen MR) is 111 cm³/mol. The van der Waals surface area contributed by atoms with Crippen molar-refractivity contribution in [2.24, 2.45) is 0 Å². The summed E-state index contributed by atoms with van der Waals surface area (Å²) in [7, 11) is 0. The highest BCUT2D eigenvalue weighted by Gasteiger charge is 2.27.